The van der Waals surface area contributed by atoms with E-state index < -0.39 is 5.92 Å². The van der Waals surface area contributed by atoms with Gasteiger partial charge in [0.2, 0.25) is 5.90 Å². The highest BCUT2D eigenvalue weighted by Gasteiger charge is 2.38. The molecule has 5 rings (SSSR count). The van der Waals surface area contributed by atoms with Crippen LogP contribution in [0.15, 0.2) is 101 Å². The Balaban J connectivity index is 1.59. The van der Waals surface area contributed by atoms with Crippen molar-refractivity contribution in [2.45, 2.75) is 25.0 Å². The van der Waals surface area contributed by atoms with Gasteiger partial charge in [0.1, 0.15) is 17.3 Å². The van der Waals surface area contributed by atoms with E-state index in [1.807, 2.05) is 85.8 Å². The van der Waals surface area contributed by atoms with Gasteiger partial charge in [-0.25, -0.2) is 4.99 Å². The molecule has 3 aromatic carbocycles. The highest BCUT2D eigenvalue weighted by Crippen LogP contribution is 2.38. The number of aromatic nitrogens is 1. The second-order valence-electron chi connectivity index (χ2n) is 8.49. The number of benzene rings is 3. The Morgan fingerprint density at radius 3 is 2.23 bits per heavy atom. The molecule has 6 nitrogen and oxygen atoms in total. The van der Waals surface area contributed by atoms with Gasteiger partial charge in [-0.2, -0.15) is 0 Å². The Bertz CT molecular complexity index is 1320. The van der Waals surface area contributed by atoms with Crippen molar-refractivity contribution in [2.75, 3.05) is 13.7 Å². The van der Waals surface area contributed by atoms with Gasteiger partial charge in [-0.15, -0.1) is 0 Å². The molecule has 0 amide bonds. The third kappa shape index (κ3) is 4.53. The Hall–Kier alpha value is -4.03. The summed E-state index contributed by atoms with van der Waals surface area (Å²) in [6.07, 6.45) is -0.322. The second kappa shape index (κ2) is 10.1. The highest BCUT2D eigenvalue weighted by atomic mass is 16.5. The molecular weight excluding hydrogens is 440 g/mol. The van der Waals surface area contributed by atoms with Crippen molar-refractivity contribution in [2.24, 2.45) is 4.99 Å². The zero-order chi connectivity index (χ0) is 24.2. The third-order valence-corrected chi connectivity index (χ3v) is 6.16. The van der Waals surface area contributed by atoms with E-state index in [1.165, 1.54) is 0 Å². The molecule has 0 aliphatic carbocycles. The first-order valence-corrected chi connectivity index (χ1v) is 11.6. The molecule has 0 unspecified atom stereocenters. The summed E-state index contributed by atoms with van der Waals surface area (Å²) >= 11 is 0. The van der Waals surface area contributed by atoms with Crippen LogP contribution in [-0.4, -0.2) is 36.6 Å². The van der Waals surface area contributed by atoms with Gasteiger partial charge in [0.15, 0.2) is 17.6 Å². The van der Waals surface area contributed by atoms with Crippen molar-refractivity contribution in [3.05, 3.63) is 113 Å². The Morgan fingerprint density at radius 1 is 0.943 bits per heavy atom. The molecule has 0 saturated heterocycles. The van der Waals surface area contributed by atoms with Crippen molar-refractivity contribution >= 4 is 11.7 Å². The molecule has 0 spiro atoms. The predicted molar refractivity (Wildman–Crippen MR) is 134 cm³/mol. The number of Topliss-reactive ketones (excluding diaryl/α,β-unsaturated/α-hetero) is 1. The Kier molecular flexibility index (Phi) is 6.55. The van der Waals surface area contributed by atoms with Crippen LogP contribution in [0.3, 0.4) is 0 Å². The van der Waals surface area contributed by atoms with Gasteiger partial charge in [0.25, 0.3) is 0 Å². The summed E-state index contributed by atoms with van der Waals surface area (Å²) < 4.78 is 17.7. The standard InChI is InChI=1S/C29H26N2O4/c1-19(26(32)21-14-8-4-9-15-21)27-24(25(31-35-27)20-12-6-3-7-13-20)29-30-23(18-33-2)28(34-29)22-16-10-5-11-17-22/h3-17,19,23,28H,18H2,1-2H3/t19-,23+,28+/m1/s1. The van der Waals surface area contributed by atoms with Crippen LogP contribution in [0.25, 0.3) is 11.3 Å². The fraction of sp³-hybridized carbons (Fsp3) is 0.207. The van der Waals surface area contributed by atoms with Gasteiger partial charge in [0, 0.05) is 18.2 Å². The first-order valence-electron chi connectivity index (χ1n) is 11.6. The van der Waals surface area contributed by atoms with E-state index in [0.29, 0.717) is 35.1 Å². The van der Waals surface area contributed by atoms with E-state index in [9.17, 15) is 4.79 Å². The van der Waals surface area contributed by atoms with E-state index in [4.69, 9.17) is 19.0 Å². The number of methoxy groups -OCH3 is 1. The van der Waals surface area contributed by atoms with Gasteiger partial charge in [0.05, 0.1) is 12.5 Å². The molecule has 2 heterocycles. The predicted octanol–water partition coefficient (Wildman–Crippen LogP) is 5.86. The summed E-state index contributed by atoms with van der Waals surface area (Å²) in [5.74, 6) is 0.194. The minimum atomic E-state index is -0.583. The lowest BCUT2D eigenvalue weighted by Crippen LogP contribution is -2.19. The first-order chi connectivity index (χ1) is 17.2. The summed E-state index contributed by atoms with van der Waals surface area (Å²) in [7, 11) is 1.65. The first kappa shape index (κ1) is 22.7. The average Bonchev–Trinajstić information content (AvgIpc) is 3.54. The molecule has 0 N–H and O–H groups in total. The quantitative estimate of drug-likeness (QED) is 0.304. The zero-order valence-corrected chi connectivity index (χ0v) is 19.6. The van der Waals surface area contributed by atoms with Crippen LogP contribution in [0.5, 0.6) is 0 Å². The molecule has 0 saturated carbocycles. The van der Waals surface area contributed by atoms with E-state index in [1.54, 1.807) is 19.2 Å². The van der Waals surface area contributed by atoms with E-state index in [0.717, 1.165) is 11.1 Å². The largest absolute Gasteiger partial charge is 0.467 e. The number of hydrogen-bond donors (Lipinski definition) is 0. The lowest BCUT2D eigenvalue weighted by atomic mass is 9.93. The molecule has 4 aromatic rings. The van der Waals surface area contributed by atoms with Gasteiger partial charge in [-0.1, -0.05) is 96.2 Å². The number of ketones is 1. The van der Waals surface area contributed by atoms with Crippen LogP contribution in [0.2, 0.25) is 0 Å². The monoisotopic (exact) mass is 466 g/mol. The molecule has 35 heavy (non-hydrogen) atoms. The van der Waals surface area contributed by atoms with Crippen molar-refractivity contribution in [3.8, 4) is 11.3 Å². The van der Waals surface area contributed by atoms with Crippen molar-refractivity contribution in [3.63, 3.8) is 0 Å². The fourth-order valence-corrected chi connectivity index (χ4v) is 4.37. The summed E-state index contributed by atoms with van der Waals surface area (Å²) in [6.45, 7) is 2.22. The maximum atomic E-state index is 13.3. The summed E-state index contributed by atoms with van der Waals surface area (Å²) in [5, 5.41) is 4.38. The minimum Gasteiger partial charge on any atom is -0.467 e. The lowest BCUT2D eigenvalue weighted by Gasteiger charge is -2.17. The number of nitrogens with zero attached hydrogens (tertiary/aromatic N) is 2. The molecule has 1 aliphatic heterocycles. The molecular formula is C29H26N2O4. The van der Waals surface area contributed by atoms with Crippen LogP contribution in [0.4, 0.5) is 0 Å². The molecule has 0 fully saturated rings. The summed E-state index contributed by atoms with van der Waals surface area (Å²) in [4.78, 5) is 18.2. The minimum absolute atomic E-state index is 0.0609. The van der Waals surface area contributed by atoms with Crippen molar-refractivity contribution < 1.29 is 18.8 Å². The number of aliphatic imine (C=N–C) groups is 1. The zero-order valence-electron chi connectivity index (χ0n) is 19.6. The lowest BCUT2D eigenvalue weighted by molar-refractivity contribution is 0.0953. The topological polar surface area (TPSA) is 73.9 Å². The second-order valence-corrected chi connectivity index (χ2v) is 8.49. The summed E-state index contributed by atoms with van der Waals surface area (Å²) in [6, 6.07) is 28.6. The van der Waals surface area contributed by atoms with E-state index in [-0.39, 0.29) is 17.9 Å². The van der Waals surface area contributed by atoms with Gasteiger partial charge in [-0.05, 0) is 12.5 Å². The van der Waals surface area contributed by atoms with Crippen LogP contribution in [-0.2, 0) is 9.47 Å². The molecule has 0 bridgehead atoms. The van der Waals surface area contributed by atoms with Crippen LogP contribution >= 0.6 is 0 Å². The third-order valence-electron chi connectivity index (χ3n) is 6.16. The number of rotatable bonds is 8. The molecule has 6 heteroatoms. The number of carbonyl (C=O) groups is 1. The maximum absolute atomic E-state index is 13.3. The number of carbonyl (C=O) groups excluding carboxylic acids is 1. The molecule has 1 aliphatic rings. The Labute approximate surface area is 204 Å². The van der Waals surface area contributed by atoms with Crippen molar-refractivity contribution in [1.82, 2.24) is 5.16 Å². The number of hydrogen-bond acceptors (Lipinski definition) is 6. The highest BCUT2D eigenvalue weighted by molar-refractivity contribution is 6.06. The van der Waals surface area contributed by atoms with Crippen LogP contribution < -0.4 is 0 Å². The fourth-order valence-electron chi connectivity index (χ4n) is 4.37. The molecule has 1 aromatic heterocycles. The number of ether oxygens (including phenoxy) is 2. The molecule has 3 atom stereocenters. The van der Waals surface area contributed by atoms with Crippen LogP contribution in [0.1, 0.15) is 46.2 Å². The Morgan fingerprint density at radius 2 is 1.57 bits per heavy atom. The van der Waals surface area contributed by atoms with Gasteiger partial charge >= 0.3 is 0 Å². The smallest absolute Gasteiger partial charge is 0.223 e. The normalized spacial score (nSPS) is 18.1. The SMILES string of the molecule is COC[C@@H]1N=C(c2c(-c3ccccc3)noc2[C@H](C)C(=O)c2ccccc2)O[C@H]1c1ccccc1. The van der Waals surface area contributed by atoms with E-state index in [2.05, 4.69) is 5.16 Å². The van der Waals surface area contributed by atoms with Crippen LogP contribution in [0, 0.1) is 0 Å². The maximum Gasteiger partial charge on any atom is 0.223 e. The average molecular weight is 467 g/mol. The van der Waals surface area contributed by atoms with Gasteiger partial charge in [-0.3, -0.25) is 4.79 Å². The van der Waals surface area contributed by atoms with E-state index >= 15 is 0 Å². The molecule has 176 valence electrons. The molecule has 0 radical (unpaired) electrons. The summed E-state index contributed by atoms with van der Waals surface area (Å²) in [5.41, 5.74) is 3.66. The van der Waals surface area contributed by atoms with Gasteiger partial charge < -0.3 is 14.0 Å². The van der Waals surface area contributed by atoms with Crippen molar-refractivity contribution in [1.29, 1.82) is 0 Å².